The van der Waals surface area contributed by atoms with Crippen LogP contribution in [0.25, 0.3) is 0 Å². The predicted octanol–water partition coefficient (Wildman–Crippen LogP) is 4.82. The molecule has 3 amide bonds. The average Bonchev–Trinajstić information content (AvgIpc) is 3.38. The highest BCUT2D eigenvalue weighted by molar-refractivity contribution is 5.92. The lowest BCUT2D eigenvalue weighted by molar-refractivity contribution is -0.144. The third kappa shape index (κ3) is 8.33. The second-order valence-electron chi connectivity index (χ2n) is 11.9. The van der Waals surface area contributed by atoms with Gasteiger partial charge in [-0.25, -0.2) is 4.79 Å². The zero-order valence-electron chi connectivity index (χ0n) is 22.3. The van der Waals surface area contributed by atoms with Gasteiger partial charge in [-0.05, 0) is 71.8 Å². The molecule has 1 aliphatic rings. The van der Waals surface area contributed by atoms with Crippen molar-refractivity contribution in [3.8, 4) is 0 Å². The molecule has 0 radical (unpaired) electrons. The number of carbonyl (C=O) groups excluding carboxylic acids is 3. The molecular formula is C27H43N3O4. The van der Waals surface area contributed by atoms with E-state index in [1.165, 1.54) is 0 Å². The second kappa shape index (κ2) is 10.8. The van der Waals surface area contributed by atoms with Crippen LogP contribution < -0.4 is 10.6 Å². The number of carbonyl (C=O) groups is 3. The third-order valence-electron chi connectivity index (χ3n) is 5.51. The number of ether oxygens (including phenoxy) is 1. The summed E-state index contributed by atoms with van der Waals surface area (Å²) >= 11 is 0. The summed E-state index contributed by atoms with van der Waals surface area (Å²) in [4.78, 5) is 42.0. The van der Waals surface area contributed by atoms with Gasteiger partial charge < -0.3 is 20.3 Å². The summed E-state index contributed by atoms with van der Waals surface area (Å²) in [7, 11) is 0. The summed E-state index contributed by atoms with van der Waals surface area (Å²) in [5.41, 5.74) is -0.392. The van der Waals surface area contributed by atoms with Crippen LogP contribution in [-0.2, 0) is 14.3 Å². The number of hydrogen-bond acceptors (Lipinski definition) is 4. The van der Waals surface area contributed by atoms with E-state index >= 15 is 0 Å². The maximum Gasteiger partial charge on any atom is 0.408 e. The van der Waals surface area contributed by atoms with Gasteiger partial charge in [0.05, 0.1) is 0 Å². The fourth-order valence-electron chi connectivity index (χ4n) is 4.01. The lowest BCUT2D eigenvalue weighted by Crippen LogP contribution is -2.55. The molecule has 0 aliphatic heterocycles. The predicted molar refractivity (Wildman–Crippen MR) is 134 cm³/mol. The number of alkyl carbamates (subject to hydrolysis) is 1. The molecule has 7 heteroatoms. The summed E-state index contributed by atoms with van der Waals surface area (Å²) in [6.07, 6.45) is 0.627. The summed E-state index contributed by atoms with van der Waals surface area (Å²) in [5.74, 6) is -0.0571. The quantitative estimate of drug-likeness (QED) is 0.567. The van der Waals surface area contributed by atoms with Gasteiger partial charge in [0, 0.05) is 11.6 Å². The number of rotatable bonds is 8. The van der Waals surface area contributed by atoms with E-state index in [0.29, 0.717) is 6.42 Å². The first kappa shape index (κ1) is 27.7. The van der Waals surface area contributed by atoms with Gasteiger partial charge in [0.15, 0.2) is 0 Å². The Morgan fingerprint density at radius 3 is 2.06 bits per heavy atom. The first-order valence-corrected chi connectivity index (χ1v) is 12.3. The topological polar surface area (TPSA) is 87.7 Å². The summed E-state index contributed by atoms with van der Waals surface area (Å²) in [6.45, 7) is 17.2. The highest BCUT2D eigenvalue weighted by Gasteiger charge is 2.48. The minimum Gasteiger partial charge on any atom is -0.444 e. The SMILES string of the molecule is CC(C)CC(NC(=O)OC(C)(C)C)C(=O)N(C(C(=O)NC(C)(C)C)c1ccccc1)C1CC1C. The van der Waals surface area contributed by atoms with Crippen molar-refractivity contribution in [2.24, 2.45) is 11.8 Å². The van der Waals surface area contributed by atoms with Crippen LogP contribution in [0.3, 0.4) is 0 Å². The maximum atomic E-state index is 14.1. The van der Waals surface area contributed by atoms with E-state index in [2.05, 4.69) is 17.6 Å². The zero-order valence-corrected chi connectivity index (χ0v) is 22.3. The van der Waals surface area contributed by atoms with E-state index in [-0.39, 0.29) is 29.7 Å². The van der Waals surface area contributed by atoms with Gasteiger partial charge in [0.2, 0.25) is 11.8 Å². The van der Waals surface area contributed by atoms with Crippen molar-refractivity contribution in [2.45, 2.75) is 104 Å². The van der Waals surface area contributed by atoms with Gasteiger partial charge in [-0.3, -0.25) is 9.59 Å². The van der Waals surface area contributed by atoms with Gasteiger partial charge in [-0.15, -0.1) is 0 Å². The molecule has 1 aromatic rings. The minimum absolute atomic E-state index is 0.0708. The molecule has 4 unspecified atom stereocenters. The molecule has 2 rings (SSSR count). The molecule has 0 bridgehead atoms. The Hall–Kier alpha value is -2.57. The average molecular weight is 474 g/mol. The fraction of sp³-hybridized carbons (Fsp3) is 0.667. The smallest absolute Gasteiger partial charge is 0.408 e. The lowest BCUT2D eigenvalue weighted by Gasteiger charge is -2.36. The van der Waals surface area contributed by atoms with Gasteiger partial charge >= 0.3 is 6.09 Å². The normalized spacial score (nSPS) is 19.7. The van der Waals surface area contributed by atoms with E-state index in [0.717, 1.165) is 12.0 Å². The standard InChI is InChI=1S/C27H43N3O4/c1-17(2)15-20(28-25(33)34-27(7,8)9)24(32)30(21-16-18(21)3)22(19-13-11-10-12-14-19)23(31)29-26(4,5)6/h10-14,17-18,20-22H,15-16H2,1-9H3,(H,28,33)(H,29,31). The van der Waals surface area contributed by atoms with Crippen molar-refractivity contribution < 1.29 is 19.1 Å². The van der Waals surface area contributed by atoms with E-state index in [1.54, 1.807) is 25.7 Å². The summed E-state index contributed by atoms with van der Waals surface area (Å²) < 4.78 is 5.44. The fourth-order valence-corrected chi connectivity index (χ4v) is 4.01. The van der Waals surface area contributed by atoms with E-state index in [1.807, 2.05) is 65.0 Å². The van der Waals surface area contributed by atoms with Crippen LogP contribution >= 0.6 is 0 Å². The number of hydrogen-bond donors (Lipinski definition) is 2. The molecular weight excluding hydrogens is 430 g/mol. The molecule has 1 fully saturated rings. The first-order chi connectivity index (χ1) is 15.6. The summed E-state index contributed by atoms with van der Waals surface area (Å²) in [6, 6.07) is 7.72. The number of amides is 3. The van der Waals surface area contributed by atoms with Gasteiger partial charge in [0.25, 0.3) is 0 Å². The number of benzene rings is 1. The molecule has 0 spiro atoms. The largest absolute Gasteiger partial charge is 0.444 e. The molecule has 1 aromatic carbocycles. The van der Waals surface area contributed by atoms with Crippen molar-refractivity contribution in [1.82, 2.24) is 15.5 Å². The van der Waals surface area contributed by atoms with Crippen LogP contribution in [0.1, 0.15) is 86.8 Å². The van der Waals surface area contributed by atoms with Crippen molar-refractivity contribution in [2.75, 3.05) is 0 Å². The van der Waals surface area contributed by atoms with Crippen LogP contribution in [0.2, 0.25) is 0 Å². The van der Waals surface area contributed by atoms with Crippen molar-refractivity contribution in [3.63, 3.8) is 0 Å². The zero-order chi connectivity index (χ0) is 25.8. The molecule has 2 N–H and O–H groups in total. The Morgan fingerprint density at radius 2 is 1.62 bits per heavy atom. The molecule has 0 heterocycles. The highest BCUT2D eigenvalue weighted by atomic mass is 16.6. The van der Waals surface area contributed by atoms with E-state index in [4.69, 9.17) is 4.74 Å². The number of nitrogens with zero attached hydrogens (tertiary/aromatic N) is 1. The Kier molecular flexibility index (Phi) is 8.78. The van der Waals surface area contributed by atoms with Crippen LogP contribution in [-0.4, -0.2) is 46.0 Å². The van der Waals surface area contributed by atoms with Crippen molar-refractivity contribution >= 4 is 17.9 Å². The molecule has 0 aromatic heterocycles. The minimum atomic E-state index is -0.795. The molecule has 1 aliphatic carbocycles. The van der Waals surface area contributed by atoms with E-state index in [9.17, 15) is 14.4 Å². The Morgan fingerprint density at radius 1 is 1.06 bits per heavy atom. The van der Waals surface area contributed by atoms with Crippen molar-refractivity contribution in [3.05, 3.63) is 35.9 Å². The van der Waals surface area contributed by atoms with Crippen LogP contribution in [0, 0.1) is 11.8 Å². The molecule has 34 heavy (non-hydrogen) atoms. The van der Waals surface area contributed by atoms with E-state index < -0.39 is 29.3 Å². The lowest BCUT2D eigenvalue weighted by atomic mass is 9.98. The highest BCUT2D eigenvalue weighted by Crippen LogP contribution is 2.41. The van der Waals surface area contributed by atoms with Crippen LogP contribution in [0.5, 0.6) is 0 Å². The van der Waals surface area contributed by atoms with Crippen molar-refractivity contribution in [1.29, 1.82) is 0 Å². The number of nitrogens with one attached hydrogen (secondary N) is 2. The second-order valence-corrected chi connectivity index (χ2v) is 11.9. The van der Waals surface area contributed by atoms with Gasteiger partial charge in [-0.1, -0.05) is 51.1 Å². The van der Waals surface area contributed by atoms with Crippen LogP contribution in [0.4, 0.5) is 4.79 Å². The van der Waals surface area contributed by atoms with Crippen LogP contribution in [0.15, 0.2) is 30.3 Å². The summed E-state index contributed by atoms with van der Waals surface area (Å²) in [5, 5.41) is 5.85. The molecule has 4 atom stereocenters. The molecule has 1 saturated carbocycles. The molecule has 0 saturated heterocycles. The molecule has 190 valence electrons. The Bertz CT molecular complexity index is 855. The third-order valence-corrected chi connectivity index (χ3v) is 5.51. The maximum absolute atomic E-state index is 14.1. The Balaban J connectivity index is 2.46. The van der Waals surface area contributed by atoms with Gasteiger partial charge in [-0.2, -0.15) is 0 Å². The monoisotopic (exact) mass is 473 g/mol. The Labute approximate surface area is 205 Å². The molecule has 7 nitrogen and oxygen atoms in total. The van der Waals surface area contributed by atoms with Gasteiger partial charge in [0.1, 0.15) is 17.7 Å². The first-order valence-electron chi connectivity index (χ1n) is 12.3.